The van der Waals surface area contributed by atoms with Gasteiger partial charge in [-0.3, -0.25) is 9.10 Å². The molecule has 2 aromatic carbocycles. The molecule has 2 rings (SSSR count). The van der Waals surface area contributed by atoms with Crippen LogP contribution in [0.4, 0.5) is 5.69 Å². The van der Waals surface area contributed by atoms with Crippen LogP contribution in [0.1, 0.15) is 30.5 Å². The molecule has 2 aromatic rings. The molecule has 0 aliphatic carbocycles. The van der Waals surface area contributed by atoms with Crippen LogP contribution in [0, 0.1) is 6.92 Å². The monoisotopic (exact) mass is 436 g/mol. The molecule has 0 aliphatic heterocycles. The van der Waals surface area contributed by atoms with Gasteiger partial charge >= 0.3 is 0 Å². The fourth-order valence-electron chi connectivity index (χ4n) is 3.08. The van der Waals surface area contributed by atoms with Crippen LogP contribution in [0.2, 0.25) is 0 Å². The van der Waals surface area contributed by atoms with Gasteiger partial charge in [0.25, 0.3) is 0 Å². The maximum Gasteiger partial charge on any atom is 0.241 e. The summed E-state index contributed by atoms with van der Waals surface area (Å²) in [5.41, 5.74) is 2.40. The Bertz CT molecular complexity index is 961. The molecule has 0 fully saturated rings. The van der Waals surface area contributed by atoms with Crippen molar-refractivity contribution in [1.29, 1.82) is 0 Å². The van der Waals surface area contributed by atoms with Crippen LogP contribution in [0.25, 0.3) is 0 Å². The molecule has 0 bridgehead atoms. The van der Waals surface area contributed by atoms with Gasteiger partial charge < -0.3 is 10.1 Å². The largest absolute Gasteiger partial charge is 0.496 e. The lowest BCUT2D eigenvalue weighted by atomic mass is 10.0. The molecular formula is C21H28N2O4S2. The van der Waals surface area contributed by atoms with Crippen molar-refractivity contribution in [2.45, 2.75) is 31.2 Å². The van der Waals surface area contributed by atoms with Gasteiger partial charge in [0.15, 0.2) is 0 Å². The molecule has 0 unspecified atom stereocenters. The number of hydrogen-bond acceptors (Lipinski definition) is 5. The molecular weight excluding hydrogens is 408 g/mol. The molecule has 0 radical (unpaired) electrons. The summed E-state index contributed by atoms with van der Waals surface area (Å²) < 4.78 is 31.1. The Morgan fingerprint density at radius 1 is 1.24 bits per heavy atom. The number of hydrogen-bond donors (Lipinski definition) is 1. The Morgan fingerprint density at radius 2 is 1.97 bits per heavy atom. The maximum absolute atomic E-state index is 12.7. The van der Waals surface area contributed by atoms with E-state index in [1.165, 1.54) is 11.8 Å². The number of carbonyl (C=O) groups is 1. The average Bonchev–Trinajstić information content (AvgIpc) is 2.69. The Morgan fingerprint density at radius 3 is 2.52 bits per heavy atom. The van der Waals surface area contributed by atoms with Crippen LogP contribution in [-0.4, -0.2) is 40.5 Å². The molecule has 0 saturated heterocycles. The molecule has 0 saturated carbocycles. The maximum atomic E-state index is 12.7. The standard InChI is InChI=1S/C21H28N2O4S2/c1-6-19(16-10-11-20(27-3)15(2)12-16)22-21(24)14-23(29(5,25)26)17-8-7-9-18(13-17)28-4/h7-13,19H,6,14H2,1-5H3,(H,22,24)/t19-/m0/s1. The average molecular weight is 437 g/mol. The summed E-state index contributed by atoms with van der Waals surface area (Å²) >= 11 is 1.51. The molecule has 1 atom stereocenters. The fourth-order valence-corrected chi connectivity index (χ4v) is 4.38. The zero-order valence-electron chi connectivity index (χ0n) is 17.4. The van der Waals surface area contributed by atoms with Gasteiger partial charge in [0.1, 0.15) is 12.3 Å². The third-order valence-electron chi connectivity index (χ3n) is 4.59. The van der Waals surface area contributed by atoms with Crippen molar-refractivity contribution < 1.29 is 17.9 Å². The highest BCUT2D eigenvalue weighted by Crippen LogP contribution is 2.26. The SMILES string of the molecule is CC[C@H](NC(=O)CN(c1cccc(SC)c1)S(C)(=O)=O)c1ccc(OC)c(C)c1. The summed E-state index contributed by atoms with van der Waals surface area (Å²) in [6.07, 6.45) is 3.70. The summed E-state index contributed by atoms with van der Waals surface area (Å²) in [6.45, 7) is 3.64. The van der Waals surface area contributed by atoms with E-state index in [9.17, 15) is 13.2 Å². The van der Waals surface area contributed by atoms with Crippen LogP contribution in [-0.2, 0) is 14.8 Å². The number of thioether (sulfide) groups is 1. The molecule has 0 aliphatic rings. The number of benzene rings is 2. The number of methoxy groups -OCH3 is 1. The Kier molecular flexibility index (Phi) is 7.98. The number of nitrogens with one attached hydrogen (secondary N) is 1. The topological polar surface area (TPSA) is 75.7 Å². The molecule has 0 spiro atoms. The van der Waals surface area contributed by atoms with E-state index in [2.05, 4.69) is 5.32 Å². The van der Waals surface area contributed by atoms with Gasteiger partial charge in [0.05, 0.1) is 25.1 Å². The van der Waals surface area contributed by atoms with Crippen molar-refractivity contribution in [3.63, 3.8) is 0 Å². The summed E-state index contributed by atoms with van der Waals surface area (Å²) in [5.74, 6) is 0.428. The first-order valence-corrected chi connectivity index (χ1v) is 12.3. The zero-order valence-corrected chi connectivity index (χ0v) is 19.1. The fraction of sp³-hybridized carbons (Fsp3) is 0.381. The lowest BCUT2D eigenvalue weighted by Crippen LogP contribution is -2.41. The van der Waals surface area contributed by atoms with E-state index in [0.717, 1.165) is 32.3 Å². The van der Waals surface area contributed by atoms with Crippen molar-refractivity contribution in [3.05, 3.63) is 53.6 Å². The van der Waals surface area contributed by atoms with Gasteiger partial charge in [-0.05, 0) is 55.0 Å². The predicted molar refractivity (Wildman–Crippen MR) is 119 cm³/mol. The highest BCUT2D eigenvalue weighted by molar-refractivity contribution is 7.98. The minimum Gasteiger partial charge on any atom is -0.496 e. The summed E-state index contributed by atoms with van der Waals surface area (Å²) in [4.78, 5) is 13.7. The van der Waals surface area contributed by atoms with E-state index in [1.807, 2.05) is 44.4 Å². The number of anilines is 1. The molecule has 1 N–H and O–H groups in total. The van der Waals surface area contributed by atoms with Gasteiger partial charge in [0.2, 0.25) is 15.9 Å². The molecule has 8 heteroatoms. The van der Waals surface area contributed by atoms with E-state index in [0.29, 0.717) is 12.1 Å². The van der Waals surface area contributed by atoms with Gasteiger partial charge in [-0.15, -0.1) is 11.8 Å². The van der Waals surface area contributed by atoms with Crippen molar-refractivity contribution in [3.8, 4) is 5.75 Å². The van der Waals surface area contributed by atoms with E-state index in [4.69, 9.17) is 4.74 Å². The molecule has 0 aromatic heterocycles. The minimum atomic E-state index is -3.61. The van der Waals surface area contributed by atoms with Crippen molar-refractivity contribution in [2.75, 3.05) is 30.5 Å². The zero-order chi connectivity index (χ0) is 21.6. The van der Waals surface area contributed by atoms with Crippen LogP contribution in [0.15, 0.2) is 47.4 Å². The molecule has 158 valence electrons. The Balaban J connectivity index is 2.21. The smallest absolute Gasteiger partial charge is 0.241 e. The van der Waals surface area contributed by atoms with Gasteiger partial charge in [0, 0.05) is 4.90 Å². The number of aryl methyl sites for hydroxylation is 1. The number of rotatable bonds is 9. The van der Waals surface area contributed by atoms with Crippen LogP contribution >= 0.6 is 11.8 Å². The number of carbonyl (C=O) groups excluding carboxylic acids is 1. The normalized spacial score (nSPS) is 12.3. The van der Waals surface area contributed by atoms with E-state index >= 15 is 0 Å². The van der Waals surface area contributed by atoms with Crippen molar-refractivity contribution >= 4 is 33.4 Å². The van der Waals surface area contributed by atoms with Gasteiger partial charge in [-0.2, -0.15) is 0 Å². The van der Waals surface area contributed by atoms with E-state index < -0.39 is 10.0 Å². The second kappa shape index (κ2) is 10.0. The first-order valence-electron chi connectivity index (χ1n) is 9.25. The van der Waals surface area contributed by atoms with Crippen LogP contribution in [0.5, 0.6) is 5.75 Å². The Hall–Kier alpha value is -2.19. The first kappa shape index (κ1) is 23.1. The number of amides is 1. The van der Waals surface area contributed by atoms with E-state index in [-0.39, 0.29) is 18.5 Å². The summed E-state index contributed by atoms with van der Waals surface area (Å²) in [6, 6.07) is 12.7. The highest BCUT2D eigenvalue weighted by atomic mass is 32.2. The quantitative estimate of drug-likeness (QED) is 0.606. The highest BCUT2D eigenvalue weighted by Gasteiger charge is 2.23. The van der Waals surface area contributed by atoms with Crippen LogP contribution < -0.4 is 14.4 Å². The molecule has 1 amide bonds. The second-order valence-electron chi connectivity index (χ2n) is 6.73. The number of sulfonamides is 1. The summed E-state index contributed by atoms with van der Waals surface area (Å²) in [5, 5.41) is 2.96. The molecule has 6 nitrogen and oxygen atoms in total. The second-order valence-corrected chi connectivity index (χ2v) is 9.51. The minimum absolute atomic E-state index is 0.217. The van der Waals surface area contributed by atoms with Crippen molar-refractivity contribution in [2.24, 2.45) is 0 Å². The van der Waals surface area contributed by atoms with Gasteiger partial charge in [-0.1, -0.05) is 25.1 Å². The third kappa shape index (κ3) is 6.14. The Labute approximate surface area is 177 Å². The number of ether oxygens (including phenoxy) is 1. The molecule has 29 heavy (non-hydrogen) atoms. The molecule has 0 heterocycles. The van der Waals surface area contributed by atoms with Crippen LogP contribution in [0.3, 0.4) is 0 Å². The lowest BCUT2D eigenvalue weighted by molar-refractivity contribution is -0.120. The van der Waals surface area contributed by atoms with Crippen molar-refractivity contribution in [1.82, 2.24) is 5.32 Å². The van der Waals surface area contributed by atoms with Gasteiger partial charge in [-0.25, -0.2) is 8.42 Å². The first-order chi connectivity index (χ1) is 13.7. The summed E-state index contributed by atoms with van der Waals surface area (Å²) in [7, 11) is -2.00. The van der Waals surface area contributed by atoms with E-state index in [1.54, 1.807) is 25.3 Å². The lowest BCUT2D eigenvalue weighted by Gasteiger charge is -2.24. The predicted octanol–water partition coefficient (Wildman–Crippen LogP) is 3.76. The third-order valence-corrected chi connectivity index (χ3v) is 6.46. The number of nitrogens with zero attached hydrogens (tertiary/aromatic N) is 1.